The van der Waals surface area contributed by atoms with E-state index in [1.54, 1.807) is 23.0 Å². The van der Waals surface area contributed by atoms with Gasteiger partial charge < -0.3 is 10.1 Å². The molecule has 26 heavy (non-hydrogen) atoms. The predicted octanol–water partition coefficient (Wildman–Crippen LogP) is 2.91. The van der Waals surface area contributed by atoms with E-state index < -0.39 is 0 Å². The first kappa shape index (κ1) is 16.1. The van der Waals surface area contributed by atoms with Crippen LogP contribution in [0.3, 0.4) is 0 Å². The number of ether oxygens (including phenoxy) is 1. The van der Waals surface area contributed by atoms with Crippen LogP contribution >= 0.6 is 0 Å². The molecule has 0 aliphatic carbocycles. The van der Waals surface area contributed by atoms with E-state index in [0.29, 0.717) is 12.4 Å². The molecule has 1 amide bonds. The maximum Gasteiger partial charge on any atom is 0.249 e. The van der Waals surface area contributed by atoms with E-state index in [-0.39, 0.29) is 5.91 Å². The van der Waals surface area contributed by atoms with Crippen LogP contribution in [-0.4, -0.2) is 27.3 Å². The fraction of sp³-hybridized carbons (Fsp3) is 0.150. The summed E-state index contributed by atoms with van der Waals surface area (Å²) in [6, 6.07) is 13.4. The average molecular weight is 346 g/mol. The lowest BCUT2D eigenvalue weighted by atomic mass is 10.1. The van der Waals surface area contributed by atoms with Gasteiger partial charge in [0.05, 0.1) is 18.8 Å². The SMILES string of the molecule is O=C(/C=C/c1ccc2c(c1)CCO2)Nc1ccn(Cc2ccccn2)n1. The van der Waals surface area contributed by atoms with Crippen LogP contribution in [0.2, 0.25) is 0 Å². The van der Waals surface area contributed by atoms with Crippen LogP contribution in [-0.2, 0) is 17.8 Å². The first-order valence-electron chi connectivity index (χ1n) is 8.44. The summed E-state index contributed by atoms with van der Waals surface area (Å²) in [6.07, 6.45) is 7.77. The van der Waals surface area contributed by atoms with Crippen LogP contribution in [0, 0.1) is 0 Å². The zero-order valence-corrected chi connectivity index (χ0v) is 14.1. The van der Waals surface area contributed by atoms with Crippen molar-refractivity contribution in [3.05, 3.63) is 77.8 Å². The average Bonchev–Trinajstić information content (AvgIpc) is 3.29. The van der Waals surface area contributed by atoms with Crippen LogP contribution in [0.5, 0.6) is 5.75 Å². The second-order valence-electron chi connectivity index (χ2n) is 6.01. The Morgan fingerprint density at radius 2 is 2.23 bits per heavy atom. The maximum atomic E-state index is 12.1. The molecular weight excluding hydrogens is 328 g/mol. The van der Waals surface area contributed by atoms with E-state index in [2.05, 4.69) is 15.4 Å². The molecule has 0 spiro atoms. The Kier molecular flexibility index (Phi) is 4.47. The predicted molar refractivity (Wildman–Crippen MR) is 98.9 cm³/mol. The summed E-state index contributed by atoms with van der Waals surface area (Å²) < 4.78 is 7.22. The molecule has 0 radical (unpaired) electrons. The molecule has 6 nitrogen and oxygen atoms in total. The van der Waals surface area contributed by atoms with Gasteiger partial charge in [0.1, 0.15) is 5.75 Å². The number of amides is 1. The topological polar surface area (TPSA) is 69.0 Å². The van der Waals surface area contributed by atoms with E-state index in [1.807, 2.05) is 42.6 Å². The number of nitrogens with one attached hydrogen (secondary N) is 1. The second-order valence-corrected chi connectivity index (χ2v) is 6.01. The zero-order chi connectivity index (χ0) is 17.8. The minimum Gasteiger partial charge on any atom is -0.493 e. The molecule has 130 valence electrons. The van der Waals surface area contributed by atoms with Gasteiger partial charge in [0, 0.05) is 31.0 Å². The minimum atomic E-state index is -0.218. The number of benzene rings is 1. The number of pyridine rings is 1. The number of nitrogens with zero attached hydrogens (tertiary/aromatic N) is 3. The summed E-state index contributed by atoms with van der Waals surface area (Å²) in [6.45, 7) is 1.29. The summed E-state index contributed by atoms with van der Waals surface area (Å²) in [5.74, 6) is 1.23. The highest BCUT2D eigenvalue weighted by atomic mass is 16.5. The normalized spacial score (nSPS) is 12.8. The Labute approximate surface area is 151 Å². The molecule has 1 aliphatic heterocycles. The smallest absolute Gasteiger partial charge is 0.249 e. The number of aromatic nitrogens is 3. The van der Waals surface area contributed by atoms with Crippen molar-refractivity contribution < 1.29 is 9.53 Å². The highest BCUT2D eigenvalue weighted by Crippen LogP contribution is 2.26. The van der Waals surface area contributed by atoms with Crippen LogP contribution in [0.1, 0.15) is 16.8 Å². The largest absolute Gasteiger partial charge is 0.493 e. The number of hydrogen-bond acceptors (Lipinski definition) is 4. The van der Waals surface area contributed by atoms with Crippen molar-refractivity contribution >= 4 is 17.8 Å². The number of carbonyl (C=O) groups excluding carboxylic acids is 1. The molecule has 0 atom stereocenters. The fourth-order valence-corrected chi connectivity index (χ4v) is 2.82. The molecule has 1 aliphatic rings. The number of hydrogen-bond donors (Lipinski definition) is 1. The van der Waals surface area contributed by atoms with Gasteiger partial charge in [-0.2, -0.15) is 5.10 Å². The summed E-state index contributed by atoms with van der Waals surface area (Å²) in [5, 5.41) is 7.11. The van der Waals surface area contributed by atoms with Gasteiger partial charge >= 0.3 is 0 Å². The molecule has 3 heterocycles. The summed E-state index contributed by atoms with van der Waals surface area (Å²) >= 11 is 0. The van der Waals surface area contributed by atoms with Gasteiger partial charge in [-0.15, -0.1) is 0 Å². The highest BCUT2D eigenvalue weighted by Gasteiger charge is 2.11. The molecule has 0 saturated heterocycles. The lowest BCUT2D eigenvalue weighted by Gasteiger charge is -2.01. The lowest BCUT2D eigenvalue weighted by molar-refractivity contribution is -0.111. The summed E-state index contributed by atoms with van der Waals surface area (Å²) in [4.78, 5) is 16.4. The maximum absolute atomic E-state index is 12.1. The molecule has 4 rings (SSSR count). The fourth-order valence-electron chi connectivity index (χ4n) is 2.82. The third-order valence-electron chi connectivity index (χ3n) is 4.08. The lowest BCUT2D eigenvalue weighted by Crippen LogP contribution is -2.09. The van der Waals surface area contributed by atoms with Crippen LogP contribution in [0.25, 0.3) is 6.08 Å². The summed E-state index contributed by atoms with van der Waals surface area (Å²) in [5.41, 5.74) is 3.07. The number of anilines is 1. The Bertz CT molecular complexity index is 947. The molecule has 1 N–H and O–H groups in total. The monoisotopic (exact) mass is 346 g/mol. The first-order valence-corrected chi connectivity index (χ1v) is 8.44. The van der Waals surface area contributed by atoms with Crippen molar-refractivity contribution in [2.75, 3.05) is 11.9 Å². The molecule has 2 aromatic heterocycles. The van der Waals surface area contributed by atoms with E-state index in [9.17, 15) is 4.79 Å². The molecule has 6 heteroatoms. The van der Waals surface area contributed by atoms with Crippen molar-refractivity contribution in [1.82, 2.24) is 14.8 Å². The van der Waals surface area contributed by atoms with E-state index >= 15 is 0 Å². The Morgan fingerprint density at radius 3 is 3.12 bits per heavy atom. The molecule has 1 aromatic carbocycles. The third-order valence-corrected chi connectivity index (χ3v) is 4.08. The summed E-state index contributed by atoms with van der Waals surface area (Å²) in [7, 11) is 0. The molecule has 0 fully saturated rings. The molecule has 3 aromatic rings. The standard InChI is InChI=1S/C20H18N4O2/c25-20(7-5-15-4-6-18-16(13-15)9-12-26-18)22-19-8-11-24(23-19)14-17-3-1-2-10-21-17/h1-8,10-11,13H,9,12,14H2,(H,22,23,25)/b7-5+. The van der Waals surface area contributed by atoms with Gasteiger partial charge in [0.2, 0.25) is 5.91 Å². The highest BCUT2D eigenvalue weighted by molar-refractivity contribution is 6.01. The number of fused-ring (bicyclic) bond motifs is 1. The van der Waals surface area contributed by atoms with Crippen molar-refractivity contribution in [3.8, 4) is 5.75 Å². The van der Waals surface area contributed by atoms with Gasteiger partial charge in [-0.3, -0.25) is 14.5 Å². The van der Waals surface area contributed by atoms with Gasteiger partial charge in [-0.25, -0.2) is 0 Å². The molecular formula is C20H18N4O2. The Hall–Kier alpha value is -3.41. The van der Waals surface area contributed by atoms with Crippen molar-refractivity contribution in [2.45, 2.75) is 13.0 Å². The van der Waals surface area contributed by atoms with E-state index in [0.717, 1.165) is 30.0 Å². The number of rotatable bonds is 5. The van der Waals surface area contributed by atoms with Crippen molar-refractivity contribution in [3.63, 3.8) is 0 Å². The zero-order valence-electron chi connectivity index (χ0n) is 14.1. The second kappa shape index (κ2) is 7.23. The van der Waals surface area contributed by atoms with Crippen LogP contribution in [0.4, 0.5) is 5.82 Å². The van der Waals surface area contributed by atoms with Gasteiger partial charge in [-0.05, 0) is 41.5 Å². The quantitative estimate of drug-likeness (QED) is 0.721. The molecule has 0 unspecified atom stereocenters. The Balaban J connectivity index is 1.36. The van der Waals surface area contributed by atoms with E-state index in [1.165, 1.54) is 11.6 Å². The minimum absolute atomic E-state index is 0.218. The number of carbonyl (C=O) groups is 1. The van der Waals surface area contributed by atoms with Crippen LogP contribution < -0.4 is 10.1 Å². The van der Waals surface area contributed by atoms with Gasteiger partial charge in [0.15, 0.2) is 5.82 Å². The third kappa shape index (κ3) is 3.80. The Morgan fingerprint density at radius 1 is 1.27 bits per heavy atom. The van der Waals surface area contributed by atoms with Gasteiger partial charge in [0.25, 0.3) is 0 Å². The van der Waals surface area contributed by atoms with E-state index in [4.69, 9.17) is 4.74 Å². The van der Waals surface area contributed by atoms with Crippen LogP contribution in [0.15, 0.2) is 60.9 Å². The molecule has 0 bridgehead atoms. The molecule has 0 saturated carbocycles. The first-order chi connectivity index (χ1) is 12.8. The van der Waals surface area contributed by atoms with Crippen molar-refractivity contribution in [1.29, 1.82) is 0 Å². The van der Waals surface area contributed by atoms with Crippen molar-refractivity contribution in [2.24, 2.45) is 0 Å². The van der Waals surface area contributed by atoms with Gasteiger partial charge in [-0.1, -0.05) is 12.1 Å².